The van der Waals surface area contributed by atoms with Crippen LogP contribution in [0, 0.1) is 46.8 Å². The van der Waals surface area contributed by atoms with E-state index in [4.69, 9.17) is 20.6 Å². The molecular weight excluding hydrogens is 1380 g/mol. The lowest BCUT2D eigenvalue weighted by atomic mass is 9.41. The number of carbonyl (C=O) groups excluding carboxylic acids is 8. The minimum Gasteiger partial charge on any atom is -0.476 e. The lowest BCUT2D eigenvalue weighted by Gasteiger charge is -2.64. The van der Waals surface area contributed by atoms with E-state index in [1.165, 1.54) is 28.4 Å². The van der Waals surface area contributed by atoms with Gasteiger partial charge in [0.15, 0.2) is 16.6 Å². The van der Waals surface area contributed by atoms with E-state index in [1.807, 2.05) is 78.9 Å². The van der Waals surface area contributed by atoms with E-state index in [0.29, 0.717) is 109 Å². The van der Waals surface area contributed by atoms with Gasteiger partial charge in [0.2, 0.25) is 5.91 Å². The summed E-state index contributed by atoms with van der Waals surface area (Å²) in [5.74, 6) is -3.34. The van der Waals surface area contributed by atoms with Crippen LogP contribution in [0.3, 0.4) is 0 Å². The maximum absolute atomic E-state index is 14.0. The summed E-state index contributed by atoms with van der Waals surface area (Å²) >= 11 is 1.41. The number of para-hydroxylation sites is 1. The molecule has 1 spiro atoms. The molecular formula is C78H97N11O14S2. The molecule has 6 aromatic rings. The Morgan fingerprint density at radius 2 is 1.55 bits per heavy atom. The predicted octanol–water partition coefficient (Wildman–Crippen LogP) is 11.4. The van der Waals surface area contributed by atoms with Gasteiger partial charge in [0.25, 0.3) is 27.8 Å². The van der Waals surface area contributed by atoms with Gasteiger partial charge in [-0.05, 0) is 183 Å². The Hall–Kier alpha value is -9.21. The number of hydrogen-bond donors (Lipinski definition) is 6. The lowest BCUT2D eigenvalue weighted by molar-refractivity contribution is -0.146. The summed E-state index contributed by atoms with van der Waals surface area (Å²) in [7, 11) is -4.46. The Kier molecular flexibility index (Phi) is 24.2. The van der Waals surface area contributed by atoms with Crippen LogP contribution in [0.4, 0.5) is 20.5 Å². The quantitative estimate of drug-likeness (QED) is 0.0124. The van der Waals surface area contributed by atoms with Crippen molar-refractivity contribution >= 4 is 95.9 Å². The Morgan fingerprint density at radius 1 is 0.829 bits per heavy atom. The molecule has 7 amide bonds. The number of urea groups is 1. The van der Waals surface area contributed by atoms with Crippen molar-refractivity contribution in [2.75, 3.05) is 48.7 Å². The second-order valence-electron chi connectivity index (χ2n) is 30.3. The molecule has 8 aliphatic rings. The van der Waals surface area contributed by atoms with Crippen LogP contribution in [0.25, 0.3) is 21.3 Å². The highest BCUT2D eigenvalue weighted by molar-refractivity contribution is 7.85. The molecule has 6 aliphatic carbocycles. The van der Waals surface area contributed by atoms with Crippen molar-refractivity contribution in [3.05, 3.63) is 136 Å². The van der Waals surface area contributed by atoms with Crippen molar-refractivity contribution < 1.29 is 66.0 Å². The van der Waals surface area contributed by atoms with Crippen LogP contribution in [-0.2, 0) is 71.4 Å². The third-order valence-corrected chi connectivity index (χ3v) is 24.7. The summed E-state index contributed by atoms with van der Waals surface area (Å²) in [6, 6.07) is 22.2. The van der Waals surface area contributed by atoms with Crippen LogP contribution < -0.4 is 26.6 Å². The molecule has 3 bridgehead atoms. The number of Topliss-reactive ketones (excluding diaryl/α,β-unsaturated/α-hetero) is 2. The van der Waals surface area contributed by atoms with Crippen LogP contribution in [0.1, 0.15) is 179 Å². The average molecular weight is 1480 g/mol. The number of carboxylic acids is 1. The predicted molar refractivity (Wildman–Crippen MR) is 397 cm³/mol. The molecule has 2 unspecified atom stereocenters. The largest absolute Gasteiger partial charge is 0.476 e. The van der Waals surface area contributed by atoms with E-state index in [0.717, 1.165) is 83.3 Å². The van der Waals surface area contributed by atoms with Gasteiger partial charge in [0.05, 0.1) is 28.2 Å². The number of nitrogens with zero attached hydrogens (tertiary/aromatic N) is 7. The number of pyridine rings is 1. The van der Waals surface area contributed by atoms with Crippen molar-refractivity contribution in [1.82, 2.24) is 40.2 Å². The first-order chi connectivity index (χ1) is 50.1. The maximum atomic E-state index is 14.0. The van der Waals surface area contributed by atoms with Crippen LogP contribution in [-0.4, -0.2) is 145 Å². The number of carboxylic acid groups (broad SMARTS) is 1. The third-order valence-electron chi connectivity index (χ3n) is 23.0. The summed E-state index contributed by atoms with van der Waals surface area (Å²) < 4.78 is 43.2. The van der Waals surface area contributed by atoms with Crippen molar-refractivity contribution in [2.24, 2.45) is 45.7 Å². The highest BCUT2D eigenvalue weighted by Gasteiger charge is 2.60. The van der Waals surface area contributed by atoms with Crippen molar-refractivity contribution in [2.45, 2.75) is 176 Å². The summed E-state index contributed by atoms with van der Waals surface area (Å²) in [6.07, 6.45) is 14.6. The topological polar surface area (TPSA) is 353 Å². The molecule has 6 fully saturated rings. The van der Waals surface area contributed by atoms with Crippen LogP contribution >= 0.6 is 11.3 Å². The SMILES string of the molecule is Cc1c(-c2ccc(N3CCc4cccc(C(=O)Nc5nc6ccccc6s5)c4C3)nc2C(=O)O)cnn1CC12CC(C)C3(CCC(CCCN(CCS(=O)(=O)O)C(=O)OCc4ccc(CC(=O)[C@H](CCCNC(N)=O)NC(=O)[C@@H](CC(=O)CCCCCN5C(=O)C=CC5=O)C(C)C)cc4)(CC3)C1)C(C)C2. The number of anilines is 2. The van der Waals surface area contributed by atoms with Gasteiger partial charge in [-0.1, -0.05) is 94.0 Å². The minimum atomic E-state index is -4.46. The van der Waals surface area contributed by atoms with E-state index < -0.39 is 51.8 Å². The number of nitrogens with two attached hydrogens (primary N) is 1. The molecule has 4 atom stereocenters. The number of rotatable bonds is 34. The Labute approximate surface area is 616 Å². The van der Waals surface area contributed by atoms with E-state index in [1.54, 1.807) is 36.5 Å². The molecule has 3 aromatic heterocycles. The Bertz CT molecular complexity index is 4340. The number of imide groups is 1. The number of nitrogens with one attached hydrogen (secondary N) is 3. The molecule has 7 N–H and O–H groups in total. The van der Waals surface area contributed by atoms with Gasteiger partial charge in [-0.25, -0.2) is 24.4 Å². The second kappa shape index (κ2) is 33.1. The molecule has 2 aliphatic heterocycles. The van der Waals surface area contributed by atoms with Crippen LogP contribution in [0.2, 0.25) is 0 Å². The van der Waals surface area contributed by atoms with Gasteiger partial charge in [-0.15, -0.1) is 0 Å². The van der Waals surface area contributed by atoms with Crippen molar-refractivity contribution in [3.8, 4) is 11.1 Å². The van der Waals surface area contributed by atoms with Gasteiger partial charge >= 0.3 is 18.1 Å². The number of amides is 7. The molecule has 560 valence electrons. The van der Waals surface area contributed by atoms with Gasteiger partial charge in [-0.3, -0.25) is 48.2 Å². The van der Waals surface area contributed by atoms with Gasteiger partial charge < -0.3 is 36.0 Å². The summed E-state index contributed by atoms with van der Waals surface area (Å²) in [6.45, 7) is 12.1. The van der Waals surface area contributed by atoms with Crippen LogP contribution in [0.15, 0.2) is 97.2 Å². The Morgan fingerprint density at radius 3 is 2.25 bits per heavy atom. The number of hydrogen-bond acceptors (Lipinski definition) is 17. The zero-order valence-corrected chi connectivity index (χ0v) is 62.2. The average Bonchev–Trinajstić information content (AvgIpc) is 1.12. The number of thiazole rings is 1. The number of benzene rings is 3. The van der Waals surface area contributed by atoms with Crippen molar-refractivity contribution in [1.29, 1.82) is 0 Å². The lowest BCUT2D eigenvalue weighted by Crippen LogP contribution is -2.56. The zero-order chi connectivity index (χ0) is 75.0. The normalized spacial score (nSPS) is 21.1. The van der Waals surface area contributed by atoms with Crippen molar-refractivity contribution in [3.63, 3.8) is 0 Å². The molecule has 5 heterocycles. The molecule has 0 radical (unpaired) electrons. The summed E-state index contributed by atoms with van der Waals surface area (Å²) in [4.78, 5) is 131. The number of ketones is 2. The number of aromatic nitrogens is 4. The molecule has 105 heavy (non-hydrogen) atoms. The highest BCUT2D eigenvalue weighted by atomic mass is 32.2. The van der Waals surface area contributed by atoms with E-state index in [2.05, 4.69) is 34.8 Å². The number of unbranched alkanes of at least 4 members (excludes halogenated alkanes) is 2. The molecule has 0 saturated heterocycles. The summed E-state index contributed by atoms with van der Waals surface area (Å²) in [5.41, 5.74) is 11.4. The monoisotopic (exact) mass is 1480 g/mol. The number of aromatic carboxylic acids is 1. The van der Waals surface area contributed by atoms with E-state index in [-0.39, 0.29) is 116 Å². The highest BCUT2D eigenvalue weighted by Crippen LogP contribution is 2.69. The standard InChI is InChI=1S/C78H97N11O14S2/c1-49(2)59(41-56(90)15-7-6-10-36-88-67(92)26-27-68(88)93)71(95)82-62(18-12-34-80-73(79)98)64(91)40-53-20-22-54(23-21-53)46-103-75(99)86(38-39-105(100,101)102)35-13-29-76-30-32-78(33-31-76)50(3)42-77(47-76,43-51(78)4)48-89-52(5)60(44-81-89)57-24-25-66(84-69(57)72(96)97)87-37-28-55-14-11-16-58(61(55)45-87)70(94)85-74-83-63-17-8-9-19-65(63)104-74/h8-9,11,14,16-17,19-27,44,49-51,59,62H,6-7,10,12-13,15,18,28-43,45-48H2,1-5H3,(H,82,95)(H,96,97)(H3,79,80,98)(H,83,85,94)(H,100,101,102)/t50?,51?,59-,62-,76?,77?,78?/m0/s1. The number of carbonyl (C=O) groups is 9. The number of primary amides is 1. The van der Waals surface area contributed by atoms with Crippen LogP contribution in [0.5, 0.6) is 0 Å². The molecule has 6 saturated carbocycles. The molecule has 14 rings (SSSR count). The summed E-state index contributed by atoms with van der Waals surface area (Å²) in [5, 5.41) is 24.7. The number of ether oxygens (including phenoxy) is 1. The second-order valence-corrected chi connectivity index (χ2v) is 32.9. The number of fused-ring (bicyclic) bond motifs is 2. The first-order valence-corrected chi connectivity index (χ1v) is 39.2. The smallest absolute Gasteiger partial charge is 0.410 e. The molecule has 3 aromatic carbocycles. The molecule has 25 nitrogen and oxygen atoms in total. The third kappa shape index (κ3) is 18.5. The minimum absolute atomic E-state index is 0.0407. The Balaban J connectivity index is 0.709. The molecule has 27 heteroatoms. The zero-order valence-electron chi connectivity index (χ0n) is 60.5. The maximum Gasteiger partial charge on any atom is 0.410 e. The van der Waals surface area contributed by atoms with Gasteiger partial charge in [-0.2, -0.15) is 13.5 Å². The fourth-order valence-corrected chi connectivity index (χ4v) is 18.7. The fraction of sp³-hybridized carbons (Fsp3) is 0.513. The fourth-order valence-electron chi connectivity index (χ4n) is 17.4. The van der Waals surface area contributed by atoms with E-state index >= 15 is 0 Å². The first-order valence-electron chi connectivity index (χ1n) is 36.8. The van der Waals surface area contributed by atoms with E-state index in [9.17, 15) is 61.2 Å². The van der Waals surface area contributed by atoms with Gasteiger partial charge in [0, 0.05) is 106 Å². The van der Waals surface area contributed by atoms with Gasteiger partial charge in [0.1, 0.15) is 18.2 Å². The first kappa shape index (κ1) is 76.9.